The fourth-order valence-electron chi connectivity index (χ4n) is 3.80. The smallest absolute Gasteiger partial charge is 0.251 e. The number of nitrogens with zero attached hydrogens (tertiary/aromatic N) is 1. The van der Waals surface area contributed by atoms with Crippen molar-refractivity contribution in [2.75, 3.05) is 13.1 Å². The zero-order valence-electron chi connectivity index (χ0n) is 16.9. The van der Waals surface area contributed by atoms with Gasteiger partial charge in [-0.05, 0) is 81.5 Å². The van der Waals surface area contributed by atoms with Crippen LogP contribution >= 0.6 is 0 Å². The molecular weight excluding hydrogens is 320 g/mol. The standard InChI is InChI=1S/C23H34N2O/c1-16(2)25(17(3)4)14-13-24-23(26)20-12-11-19(6)22(15-20)21-10-8-7-9-18(21)5/h11-12,15-17H,5-10,13-14H2,1-4H3,(H,24,26)/b22-21-. The number of benzene rings is 1. The van der Waals surface area contributed by atoms with Crippen molar-refractivity contribution in [1.29, 1.82) is 0 Å². The molecule has 3 nitrogen and oxygen atoms in total. The molecule has 2 rings (SSSR count). The van der Waals surface area contributed by atoms with Gasteiger partial charge in [0, 0.05) is 30.7 Å². The second kappa shape index (κ2) is 9.18. The summed E-state index contributed by atoms with van der Waals surface area (Å²) in [5.41, 5.74) is 3.18. The summed E-state index contributed by atoms with van der Waals surface area (Å²) in [6, 6.07) is 6.76. The van der Waals surface area contributed by atoms with E-state index in [1.54, 1.807) is 0 Å². The van der Waals surface area contributed by atoms with E-state index in [9.17, 15) is 4.79 Å². The number of nitrogens with one attached hydrogen (secondary N) is 1. The van der Waals surface area contributed by atoms with E-state index in [0.717, 1.165) is 29.8 Å². The number of amides is 1. The first-order chi connectivity index (χ1) is 12.3. The van der Waals surface area contributed by atoms with Crippen molar-refractivity contribution in [3.05, 3.63) is 46.4 Å². The van der Waals surface area contributed by atoms with E-state index >= 15 is 0 Å². The number of allylic oxidation sites excluding steroid dienone is 1. The third-order valence-corrected chi connectivity index (χ3v) is 5.26. The fourth-order valence-corrected chi connectivity index (χ4v) is 3.80. The lowest BCUT2D eigenvalue weighted by molar-refractivity contribution is 0.0939. The van der Waals surface area contributed by atoms with Gasteiger partial charge in [0.1, 0.15) is 0 Å². The second-order valence-corrected chi connectivity index (χ2v) is 7.84. The Hall–Kier alpha value is -1.87. The van der Waals surface area contributed by atoms with Crippen molar-refractivity contribution in [1.82, 2.24) is 10.2 Å². The van der Waals surface area contributed by atoms with Crippen LogP contribution in [-0.2, 0) is 0 Å². The number of carbonyl (C=O) groups is 1. The number of rotatable bonds is 6. The zero-order chi connectivity index (χ0) is 19.3. The van der Waals surface area contributed by atoms with Gasteiger partial charge in [0.25, 0.3) is 5.91 Å². The Bertz CT molecular complexity index is 753. The molecule has 0 spiro atoms. The summed E-state index contributed by atoms with van der Waals surface area (Å²) in [6.07, 6.45) is 4.47. The first-order valence-electron chi connectivity index (χ1n) is 9.85. The average molecular weight is 355 g/mol. The highest BCUT2D eigenvalue weighted by Crippen LogP contribution is 2.26. The highest BCUT2D eigenvalue weighted by Gasteiger charge is 2.14. The molecule has 0 saturated heterocycles. The van der Waals surface area contributed by atoms with Gasteiger partial charge in [0.2, 0.25) is 0 Å². The van der Waals surface area contributed by atoms with Crippen molar-refractivity contribution >= 4 is 18.1 Å². The summed E-state index contributed by atoms with van der Waals surface area (Å²) in [5.74, 6) is -0.0132. The van der Waals surface area contributed by atoms with Gasteiger partial charge in [0.15, 0.2) is 0 Å². The molecule has 1 aromatic rings. The Kier molecular flexibility index (Phi) is 7.22. The fraction of sp³-hybridized carbons (Fsp3) is 0.522. The van der Waals surface area contributed by atoms with Gasteiger partial charge in [-0.25, -0.2) is 0 Å². The first-order valence-corrected chi connectivity index (χ1v) is 9.85. The molecule has 1 N–H and O–H groups in total. The van der Waals surface area contributed by atoms with Crippen LogP contribution in [0.25, 0.3) is 12.2 Å². The molecule has 26 heavy (non-hydrogen) atoms. The Morgan fingerprint density at radius 2 is 1.77 bits per heavy atom. The topological polar surface area (TPSA) is 32.3 Å². The zero-order valence-corrected chi connectivity index (χ0v) is 16.9. The van der Waals surface area contributed by atoms with E-state index in [1.165, 1.54) is 24.0 Å². The molecule has 0 heterocycles. The third kappa shape index (κ3) is 5.07. The van der Waals surface area contributed by atoms with Crippen LogP contribution in [0.3, 0.4) is 0 Å². The predicted octanol–water partition coefficient (Wildman–Crippen LogP) is 3.23. The monoisotopic (exact) mass is 354 g/mol. The van der Waals surface area contributed by atoms with Crippen molar-refractivity contribution in [3.63, 3.8) is 0 Å². The molecule has 0 aromatic heterocycles. The maximum absolute atomic E-state index is 12.6. The van der Waals surface area contributed by atoms with Crippen molar-refractivity contribution < 1.29 is 4.79 Å². The number of carbonyl (C=O) groups excluding carboxylic acids is 1. The van der Waals surface area contributed by atoms with Crippen LogP contribution in [0.15, 0.2) is 30.4 Å². The molecule has 0 bridgehead atoms. The van der Waals surface area contributed by atoms with E-state index < -0.39 is 0 Å². The Morgan fingerprint density at radius 1 is 1.12 bits per heavy atom. The SMILES string of the molecule is C=C1CCCC/C1=c1\cc(C(=O)NCCN(C(C)C)C(C)C)ccc1=C. The second-order valence-electron chi connectivity index (χ2n) is 7.84. The largest absolute Gasteiger partial charge is 0.351 e. The predicted molar refractivity (Wildman–Crippen MR) is 112 cm³/mol. The molecule has 142 valence electrons. The summed E-state index contributed by atoms with van der Waals surface area (Å²) in [7, 11) is 0. The molecule has 1 aromatic carbocycles. The minimum Gasteiger partial charge on any atom is -0.351 e. The summed E-state index contributed by atoms with van der Waals surface area (Å²) >= 11 is 0. The summed E-state index contributed by atoms with van der Waals surface area (Å²) in [4.78, 5) is 15.0. The van der Waals surface area contributed by atoms with E-state index in [0.29, 0.717) is 24.2 Å². The van der Waals surface area contributed by atoms with E-state index in [1.807, 2.05) is 18.2 Å². The van der Waals surface area contributed by atoms with Crippen LogP contribution in [-0.4, -0.2) is 36.0 Å². The van der Waals surface area contributed by atoms with Crippen LogP contribution in [0.2, 0.25) is 0 Å². The maximum Gasteiger partial charge on any atom is 0.251 e. The minimum absolute atomic E-state index is 0.0132. The van der Waals surface area contributed by atoms with Crippen molar-refractivity contribution in [2.24, 2.45) is 0 Å². The lowest BCUT2D eigenvalue weighted by Gasteiger charge is -2.30. The third-order valence-electron chi connectivity index (χ3n) is 5.26. The Labute approximate surface area is 158 Å². The van der Waals surface area contributed by atoms with E-state index in [2.05, 4.69) is 51.1 Å². The summed E-state index contributed by atoms with van der Waals surface area (Å²) < 4.78 is 0. The highest BCUT2D eigenvalue weighted by atomic mass is 16.1. The Morgan fingerprint density at radius 3 is 2.38 bits per heavy atom. The van der Waals surface area contributed by atoms with Gasteiger partial charge in [-0.15, -0.1) is 0 Å². The maximum atomic E-state index is 12.6. The molecule has 1 amide bonds. The molecule has 1 fully saturated rings. The molecule has 0 atom stereocenters. The molecule has 0 radical (unpaired) electrons. The van der Waals surface area contributed by atoms with Gasteiger partial charge in [-0.2, -0.15) is 0 Å². The lowest BCUT2D eigenvalue weighted by atomic mass is 9.88. The Balaban J connectivity index is 2.13. The number of hydrogen-bond acceptors (Lipinski definition) is 2. The van der Waals surface area contributed by atoms with Crippen LogP contribution in [0.1, 0.15) is 63.7 Å². The molecule has 0 unspecified atom stereocenters. The quantitative estimate of drug-likeness (QED) is 0.851. The molecule has 1 saturated carbocycles. The molecular formula is C23H34N2O. The van der Waals surface area contributed by atoms with Gasteiger partial charge >= 0.3 is 0 Å². The normalized spacial score (nSPS) is 17.3. The highest BCUT2D eigenvalue weighted by molar-refractivity contribution is 5.94. The van der Waals surface area contributed by atoms with Crippen molar-refractivity contribution in [2.45, 2.75) is 65.5 Å². The van der Waals surface area contributed by atoms with Crippen LogP contribution in [0, 0.1) is 0 Å². The molecule has 1 aliphatic carbocycles. The molecule has 3 heteroatoms. The van der Waals surface area contributed by atoms with Crippen molar-refractivity contribution in [3.8, 4) is 0 Å². The van der Waals surface area contributed by atoms with E-state index in [-0.39, 0.29) is 5.91 Å². The van der Waals surface area contributed by atoms with E-state index in [4.69, 9.17) is 0 Å². The van der Waals surface area contributed by atoms with Gasteiger partial charge in [-0.3, -0.25) is 9.69 Å². The molecule has 0 aliphatic heterocycles. The van der Waals surface area contributed by atoms with Crippen LogP contribution in [0.5, 0.6) is 0 Å². The average Bonchev–Trinajstić information content (AvgIpc) is 2.59. The molecule has 1 aliphatic rings. The first kappa shape index (κ1) is 20.4. The minimum atomic E-state index is -0.0132. The van der Waals surface area contributed by atoms with Crippen LogP contribution in [0.4, 0.5) is 0 Å². The summed E-state index contributed by atoms with van der Waals surface area (Å²) in [5, 5.41) is 5.14. The number of hydrogen-bond donors (Lipinski definition) is 1. The summed E-state index contributed by atoms with van der Waals surface area (Å²) in [6.45, 7) is 18.6. The van der Waals surface area contributed by atoms with Gasteiger partial charge in [-0.1, -0.05) is 24.8 Å². The lowest BCUT2D eigenvalue weighted by Crippen LogP contribution is -2.42. The van der Waals surface area contributed by atoms with Gasteiger partial charge < -0.3 is 5.32 Å². The van der Waals surface area contributed by atoms with Crippen LogP contribution < -0.4 is 15.8 Å². The van der Waals surface area contributed by atoms with Gasteiger partial charge in [0.05, 0.1) is 0 Å².